The molecule has 1 saturated heterocycles. The number of pyridine rings is 1. The summed E-state index contributed by atoms with van der Waals surface area (Å²) in [5.41, 5.74) is 2.05. The molecule has 1 aliphatic heterocycles. The minimum Gasteiger partial charge on any atom is -0.492 e. The van der Waals surface area contributed by atoms with Crippen molar-refractivity contribution < 1.29 is 9.47 Å². The van der Waals surface area contributed by atoms with Gasteiger partial charge in [0.2, 0.25) is 0 Å². The molecule has 1 N–H and O–H groups in total. The number of aromatic nitrogens is 1. The zero-order valence-corrected chi connectivity index (χ0v) is 15.9. The number of hydrogen-bond acceptors (Lipinski definition) is 4. The van der Waals surface area contributed by atoms with Gasteiger partial charge in [-0.25, -0.2) is 0 Å². The topological polar surface area (TPSA) is 46.6 Å². The fraction of sp³-hybridized carbons (Fsp3) is 0.400. The Labute approximate surface area is 160 Å². The number of nitrogens with one attached hydrogen (secondary N) is 1. The number of para-hydroxylation sites is 2. The van der Waals surface area contributed by atoms with Crippen molar-refractivity contribution in [1.82, 2.24) is 9.88 Å². The van der Waals surface area contributed by atoms with E-state index < -0.39 is 0 Å². The zero-order chi connectivity index (χ0) is 18.2. The summed E-state index contributed by atoms with van der Waals surface area (Å²) in [6.07, 6.45) is 6.02. The maximum atomic E-state index is 5.82. The molecule has 2 heterocycles. The van der Waals surface area contributed by atoms with Crippen molar-refractivity contribution >= 4 is 23.0 Å². The Balaban J connectivity index is 1.73. The molecule has 0 bridgehead atoms. The van der Waals surface area contributed by atoms with Gasteiger partial charge in [-0.15, -0.1) is 0 Å². The van der Waals surface area contributed by atoms with Crippen LogP contribution in [0.15, 0.2) is 48.8 Å². The van der Waals surface area contributed by atoms with Crippen LogP contribution in [0.1, 0.15) is 25.3 Å². The van der Waals surface area contributed by atoms with E-state index >= 15 is 0 Å². The Morgan fingerprint density at radius 2 is 2.12 bits per heavy atom. The lowest BCUT2D eigenvalue weighted by Crippen LogP contribution is -2.39. The van der Waals surface area contributed by atoms with E-state index in [1.807, 2.05) is 43.3 Å². The Morgan fingerprint density at radius 1 is 1.31 bits per heavy atom. The molecule has 3 rings (SSSR count). The second kappa shape index (κ2) is 9.50. The molecule has 2 aromatic rings. The number of hydrogen-bond donors (Lipinski definition) is 1. The van der Waals surface area contributed by atoms with E-state index in [4.69, 9.17) is 21.7 Å². The van der Waals surface area contributed by atoms with Crippen molar-refractivity contribution in [3.8, 4) is 5.75 Å². The monoisotopic (exact) mass is 371 g/mol. The van der Waals surface area contributed by atoms with Crippen LogP contribution >= 0.6 is 12.2 Å². The maximum absolute atomic E-state index is 5.82. The van der Waals surface area contributed by atoms with Gasteiger partial charge in [0, 0.05) is 32.1 Å². The minimum atomic E-state index is 0.221. The third-order valence-electron chi connectivity index (χ3n) is 4.29. The lowest BCUT2D eigenvalue weighted by atomic mass is 10.2. The van der Waals surface area contributed by atoms with Crippen molar-refractivity contribution in [3.63, 3.8) is 0 Å². The van der Waals surface area contributed by atoms with Crippen LogP contribution in [-0.4, -0.2) is 40.9 Å². The van der Waals surface area contributed by atoms with E-state index in [9.17, 15) is 0 Å². The molecule has 6 heteroatoms. The largest absolute Gasteiger partial charge is 0.492 e. The molecular weight excluding hydrogens is 346 g/mol. The van der Waals surface area contributed by atoms with Gasteiger partial charge in [-0.2, -0.15) is 0 Å². The van der Waals surface area contributed by atoms with Gasteiger partial charge in [0.05, 0.1) is 18.4 Å². The van der Waals surface area contributed by atoms with E-state index in [1.165, 1.54) is 5.56 Å². The zero-order valence-electron chi connectivity index (χ0n) is 15.1. The van der Waals surface area contributed by atoms with Gasteiger partial charge in [0.25, 0.3) is 0 Å². The van der Waals surface area contributed by atoms with Crippen LogP contribution in [0.5, 0.6) is 5.75 Å². The molecule has 138 valence electrons. The number of nitrogens with zero attached hydrogens (tertiary/aromatic N) is 2. The molecule has 1 aromatic heterocycles. The predicted molar refractivity (Wildman–Crippen MR) is 107 cm³/mol. The molecule has 1 unspecified atom stereocenters. The molecule has 0 radical (unpaired) electrons. The van der Waals surface area contributed by atoms with Crippen LogP contribution in [0.3, 0.4) is 0 Å². The Hall–Kier alpha value is -2.18. The van der Waals surface area contributed by atoms with Crippen LogP contribution in [0, 0.1) is 0 Å². The van der Waals surface area contributed by atoms with E-state index in [0.29, 0.717) is 18.3 Å². The smallest absolute Gasteiger partial charge is 0.173 e. The molecule has 1 aliphatic rings. The molecule has 5 nitrogen and oxygen atoms in total. The Morgan fingerprint density at radius 3 is 2.85 bits per heavy atom. The molecule has 0 amide bonds. The number of thiocarbonyl (C=S) groups is 1. The SMILES string of the molecule is CCOc1ccccc1NC(=S)N(Cc1ccncc1)CC1CCCO1. The molecule has 1 atom stereocenters. The molecule has 1 fully saturated rings. The average molecular weight is 372 g/mol. The maximum Gasteiger partial charge on any atom is 0.173 e. The van der Waals surface area contributed by atoms with Crippen molar-refractivity contribution in [1.29, 1.82) is 0 Å². The first-order valence-corrected chi connectivity index (χ1v) is 9.45. The van der Waals surface area contributed by atoms with E-state index in [-0.39, 0.29) is 6.10 Å². The van der Waals surface area contributed by atoms with E-state index in [1.54, 1.807) is 12.4 Å². The van der Waals surface area contributed by atoms with Crippen molar-refractivity contribution in [2.75, 3.05) is 25.1 Å². The van der Waals surface area contributed by atoms with Crippen LogP contribution in [0.2, 0.25) is 0 Å². The van der Waals surface area contributed by atoms with E-state index in [2.05, 4.69) is 15.2 Å². The standard InChI is InChI=1S/C20H25N3O2S/c1-2-24-19-8-4-3-7-18(19)22-20(26)23(15-17-6-5-13-25-17)14-16-9-11-21-12-10-16/h3-4,7-12,17H,2,5-6,13-15H2,1H3,(H,22,26). The number of anilines is 1. The Bertz CT molecular complexity index is 705. The first-order chi connectivity index (χ1) is 12.8. The van der Waals surface area contributed by atoms with Crippen LogP contribution in [0.25, 0.3) is 0 Å². The fourth-order valence-electron chi connectivity index (χ4n) is 3.01. The predicted octanol–water partition coefficient (Wildman–Crippen LogP) is 3.86. The summed E-state index contributed by atoms with van der Waals surface area (Å²) in [7, 11) is 0. The number of rotatable bonds is 7. The van der Waals surface area contributed by atoms with Crippen LogP contribution < -0.4 is 10.1 Å². The summed E-state index contributed by atoms with van der Waals surface area (Å²) >= 11 is 5.72. The summed E-state index contributed by atoms with van der Waals surface area (Å²) in [5, 5.41) is 4.02. The molecule has 0 saturated carbocycles. The van der Waals surface area contributed by atoms with Gasteiger partial charge in [-0.3, -0.25) is 4.98 Å². The van der Waals surface area contributed by atoms with Crippen LogP contribution in [-0.2, 0) is 11.3 Å². The van der Waals surface area contributed by atoms with Gasteiger partial charge < -0.3 is 19.7 Å². The van der Waals surface area contributed by atoms with Crippen molar-refractivity contribution in [2.24, 2.45) is 0 Å². The lowest BCUT2D eigenvalue weighted by molar-refractivity contribution is 0.0905. The fourth-order valence-corrected chi connectivity index (χ4v) is 3.26. The van der Waals surface area contributed by atoms with Crippen LogP contribution in [0.4, 0.5) is 5.69 Å². The summed E-state index contributed by atoms with van der Waals surface area (Å²) in [6.45, 7) is 4.90. The van der Waals surface area contributed by atoms with Gasteiger partial charge in [0.1, 0.15) is 5.75 Å². The highest BCUT2D eigenvalue weighted by Gasteiger charge is 2.21. The highest BCUT2D eigenvalue weighted by molar-refractivity contribution is 7.80. The highest BCUT2D eigenvalue weighted by atomic mass is 32.1. The number of ether oxygens (including phenoxy) is 2. The molecule has 26 heavy (non-hydrogen) atoms. The number of benzene rings is 1. The molecule has 1 aromatic carbocycles. The van der Waals surface area contributed by atoms with Gasteiger partial charge in [-0.05, 0) is 61.8 Å². The van der Waals surface area contributed by atoms with Crippen molar-refractivity contribution in [2.45, 2.75) is 32.4 Å². The average Bonchev–Trinajstić information content (AvgIpc) is 3.17. The third kappa shape index (κ3) is 5.16. The summed E-state index contributed by atoms with van der Waals surface area (Å²) in [6, 6.07) is 11.9. The van der Waals surface area contributed by atoms with Gasteiger partial charge >= 0.3 is 0 Å². The quantitative estimate of drug-likeness (QED) is 0.746. The first kappa shape index (κ1) is 18.6. The lowest BCUT2D eigenvalue weighted by Gasteiger charge is -2.28. The van der Waals surface area contributed by atoms with Crippen molar-refractivity contribution in [3.05, 3.63) is 54.4 Å². The van der Waals surface area contributed by atoms with Gasteiger partial charge in [0.15, 0.2) is 5.11 Å². The summed E-state index contributed by atoms with van der Waals surface area (Å²) < 4.78 is 11.5. The first-order valence-electron chi connectivity index (χ1n) is 9.04. The highest BCUT2D eigenvalue weighted by Crippen LogP contribution is 2.25. The normalized spacial score (nSPS) is 16.3. The molecule has 0 aliphatic carbocycles. The molecule has 0 spiro atoms. The van der Waals surface area contributed by atoms with E-state index in [0.717, 1.165) is 37.4 Å². The van der Waals surface area contributed by atoms with Gasteiger partial charge in [-0.1, -0.05) is 12.1 Å². The minimum absolute atomic E-state index is 0.221. The second-order valence-electron chi connectivity index (χ2n) is 6.23. The second-order valence-corrected chi connectivity index (χ2v) is 6.62. The summed E-state index contributed by atoms with van der Waals surface area (Å²) in [5.74, 6) is 0.804. The summed E-state index contributed by atoms with van der Waals surface area (Å²) in [4.78, 5) is 6.25. The molecular formula is C20H25N3O2S. The Kier molecular flexibility index (Phi) is 6.80. The third-order valence-corrected chi connectivity index (χ3v) is 4.65.